The Balaban J connectivity index is 1.45. The van der Waals surface area contributed by atoms with Gasteiger partial charge in [0.1, 0.15) is 0 Å². The Kier molecular flexibility index (Phi) is 5.99. The molecular formula is C23H16IN3O3. The van der Waals surface area contributed by atoms with Gasteiger partial charge in [0.15, 0.2) is 12.4 Å². The van der Waals surface area contributed by atoms with E-state index in [-0.39, 0.29) is 12.4 Å². The summed E-state index contributed by atoms with van der Waals surface area (Å²) >= 11 is 2.12. The summed E-state index contributed by atoms with van der Waals surface area (Å²) in [6, 6.07) is 23.8. The third-order valence-electron chi connectivity index (χ3n) is 4.45. The van der Waals surface area contributed by atoms with E-state index in [1.165, 1.54) is 0 Å². The zero-order valence-corrected chi connectivity index (χ0v) is 17.9. The number of hydrogen-bond donors (Lipinski definition) is 0. The molecule has 0 unspecified atom stereocenters. The van der Waals surface area contributed by atoms with E-state index in [0.717, 1.165) is 20.5 Å². The lowest BCUT2D eigenvalue weighted by Crippen LogP contribution is -2.14. The third-order valence-corrected chi connectivity index (χ3v) is 5.12. The summed E-state index contributed by atoms with van der Waals surface area (Å²) in [6.45, 7) is -0.317. The normalized spacial score (nSPS) is 10.6. The summed E-state index contributed by atoms with van der Waals surface area (Å²) in [6.07, 6.45) is 1.69. The first-order valence-electron chi connectivity index (χ1n) is 9.14. The van der Waals surface area contributed by atoms with E-state index in [2.05, 4.69) is 32.9 Å². The van der Waals surface area contributed by atoms with Crippen LogP contribution in [0.3, 0.4) is 0 Å². The number of carbonyl (C=O) groups excluding carboxylic acids is 2. The van der Waals surface area contributed by atoms with Crippen LogP contribution >= 0.6 is 22.6 Å². The maximum atomic E-state index is 12.4. The third kappa shape index (κ3) is 4.46. The van der Waals surface area contributed by atoms with Crippen LogP contribution in [0, 0.1) is 3.57 Å². The van der Waals surface area contributed by atoms with Gasteiger partial charge in [-0.2, -0.15) is 0 Å². The molecule has 0 fully saturated rings. The van der Waals surface area contributed by atoms with Gasteiger partial charge in [-0.05, 0) is 65.1 Å². The number of Topliss-reactive ketones (excluding diaryl/α,β-unsaturated/α-hetero) is 1. The first-order valence-corrected chi connectivity index (χ1v) is 10.2. The molecule has 0 bridgehead atoms. The quantitative estimate of drug-likeness (QED) is 0.216. The Morgan fingerprint density at radius 3 is 2.40 bits per heavy atom. The molecule has 0 atom stereocenters. The number of ketones is 1. The minimum absolute atomic E-state index is 0.276. The van der Waals surface area contributed by atoms with Gasteiger partial charge in [-0.1, -0.05) is 41.6 Å². The molecule has 0 saturated heterocycles. The van der Waals surface area contributed by atoms with Crippen molar-refractivity contribution < 1.29 is 14.3 Å². The highest BCUT2D eigenvalue weighted by molar-refractivity contribution is 14.1. The van der Waals surface area contributed by atoms with E-state index in [4.69, 9.17) is 4.74 Å². The average molecular weight is 509 g/mol. The summed E-state index contributed by atoms with van der Waals surface area (Å²) in [7, 11) is 0. The number of rotatable bonds is 6. The Morgan fingerprint density at radius 2 is 1.67 bits per heavy atom. The van der Waals surface area contributed by atoms with Crippen molar-refractivity contribution in [2.45, 2.75) is 0 Å². The second-order valence-corrected chi connectivity index (χ2v) is 7.70. The molecular weight excluding hydrogens is 493 g/mol. The lowest BCUT2D eigenvalue weighted by molar-refractivity contribution is 0.0474. The fourth-order valence-corrected chi connectivity index (χ4v) is 3.48. The second kappa shape index (κ2) is 9.00. The van der Waals surface area contributed by atoms with Gasteiger partial charge in [0.05, 0.1) is 23.1 Å². The van der Waals surface area contributed by atoms with Crippen LogP contribution in [-0.4, -0.2) is 33.4 Å². The molecule has 0 radical (unpaired) electrons. The van der Waals surface area contributed by atoms with Crippen molar-refractivity contribution in [2.24, 2.45) is 0 Å². The molecule has 0 aliphatic heterocycles. The number of benzene rings is 3. The van der Waals surface area contributed by atoms with Crippen molar-refractivity contribution >= 4 is 34.3 Å². The smallest absolute Gasteiger partial charge is 0.338 e. The molecule has 0 aliphatic carbocycles. The van der Waals surface area contributed by atoms with Crippen LogP contribution in [0.1, 0.15) is 20.7 Å². The molecule has 4 aromatic rings. The largest absolute Gasteiger partial charge is 0.454 e. The van der Waals surface area contributed by atoms with Crippen molar-refractivity contribution in [3.63, 3.8) is 0 Å². The van der Waals surface area contributed by atoms with Crippen molar-refractivity contribution in [3.05, 3.63) is 99.8 Å². The zero-order valence-electron chi connectivity index (χ0n) is 15.7. The SMILES string of the molecule is O=C(COC(=O)c1cccc(I)c1)c1ccc(-n2nncc2-c2ccccc2)cc1. The molecule has 1 aromatic heterocycles. The number of hydrogen-bond acceptors (Lipinski definition) is 5. The minimum Gasteiger partial charge on any atom is -0.454 e. The van der Waals surface area contributed by atoms with E-state index < -0.39 is 5.97 Å². The molecule has 148 valence electrons. The summed E-state index contributed by atoms with van der Waals surface area (Å²) in [5.74, 6) is -0.795. The Hall–Kier alpha value is -3.33. The van der Waals surface area contributed by atoms with Gasteiger partial charge >= 0.3 is 5.97 Å². The molecule has 0 aliphatic rings. The van der Waals surface area contributed by atoms with Gasteiger partial charge in [0.2, 0.25) is 0 Å². The number of halogens is 1. The molecule has 0 N–H and O–H groups in total. The van der Waals surface area contributed by atoms with Crippen LogP contribution < -0.4 is 0 Å². The number of carbonyl (C=O) groups is 2. The lowest BCUT2D eigenvalue weighted by atomic mass is 10.1. The van der Waals surface area contributed by atoms with Gasteiger partial charge in [-0.3, -0.25) is 4.79 Å². The number of ether oxygens (including phenoxy) is 1. The average Bonchev–Trinajstić information content (AvgIpc) is 3.28. The predicted molar refractivity (Wildman–Crippen MR) is 121 cm³/mol. The van der Waals surface area contributed by atoms with E-state index in [1.54, 1.807) is 53.3 Å². The first kappa shape index (κ1) is 20.0. The van der Waals surface area contributed by atoms with Crippen molar-refractivity contribution in [3.8, 4) is 16.9 Å². The molecule has 6 nitrogen and oxygen atoms in total. The molecule has 0 saturated carbocycles. The molecule has 4 rings (SSSR count). The highest BCUT2D eigenvalue weighted by Crippen LogP contribution is 2.21. The summed E-state index contributed by atoms with van der Waals surface area (Å²) in [5, 5.41) is 8.15. The van der Waals surface area contributed by atoms with Crippen LogP contribution in [0.25, 0.3) is 16.9 Å². The van der Waals surface area contributed by atoms with Gasteiger partial charge in [-0.15, -0.1) is 5.10 Å². The van der Waals surface area contributed by atoms with Gasteiger partial charge < -0.3 is 4.74 Å². The highest BCUT2D eigenvalue weighted by Gasteiger charge is 2.13. The Labute approximate surface area is 186 Å². The molecule has 7 heteroatoms. The van der Waals surface area contributed by atoms with E-state index in [9.17, 15) is 9.59 Å². The van der Waals surface area contributed by atoms with Gasteiger partial charge in [-0.25, -0.2) is 9.48 Å². The molecule has 30 heavy (non-hydrogen) atoms. The lowest BCUT2D eigenvalue weighted by Gasteiger charge is -2.08. The predicted octanol–water partition coefficient (Wildman–Crippen LogP) is 4.58. The Bertz CT molecular complexity index is 1190. The fraction of sp³-hybridized carbons (Fsp3) is 0.0435. The second-order valence-electron chi connectivity index (χ2n) is 6.45. The van der Waals surface area contributed by atoms with Crippen molar-refractivity contribution in [2.75, 3.05) is 6.61 Å². The maximum Gasteiger partial charge on any atom is 0.338 e. The summed E-state index contributed by atoms with van der Waals surface area (Å²) in [5.41, 5.74) is 3.49. The number of aromatic nitrogens is 3. The molecule has 1 heterocycles. The number of nitrogens with zero attached hydrogens (tertiary/aromatic N) is 3. The monoisotopic (exact) mass is 509 g/mol. The van der Waals surface area contributed by atoms with Gasteiger partial charge in [0, 0.05) is 14.7 Å². The standard InChI is InChI=1S/C23H16IN3O3/c24-19-8-4-7-18(13-19)23(29)30-15-22(28)17-9-11-20(12-10-17)27-21(14-25-26-27)16-5-2-1-3-6-16/h1-14H,15H2. The van der Waals surface area contributed by atoms with E-state index in [0.29, 0.717) is 11.1 Å². The Morgan fingerprint density at radius 1 is 0.900 bits per heavy atom. The molecule has 0 amide bonds. The number of esters is 1. The first-order chi connectivity index (χ1) is 14.6. The van der Waals surface area contributed by atoms with Crippen molar-refractivity contribution in [1.29, 1.82) is 0 Å². The maximum absolute atomic E-state index is 12.4. The zero-order chi connectivity index (χ0) is 20.9. The fourth-order valence-electron chi connectivity index (χ4n) is 2.93. The molecule has 0 spiro atoms. The van der Waals surface area contributed by atoms with E-state index in [1.807, 2.05) is 36.4 Å². The van der Waals surface area contributed by atoms with Gasteiger partial charge in [0.25, 0.3) is 0 Å². The van der Waals surface area contributed by atoms with Crippen LogP contribution in [0.15, 0.2) is 85.1 Å². The highest BCUT2D eigenvalue weighted by atomic mass is 127. The summed E-state index contributed by atoms with van der Waals surface area (Å²) < 4.78 is 7.79. The van der Waals surface area contributed by atoms with Crippen LogP contribution in [0.4, 0.5) is 0 Å². The summed E-state index contributed by atoms with van der Waals surface area (Å²) in [4.78, 5) is 24.5. The minimum atomic E-state index is -0.520. The van der Waals surface area contributed by atoms with Crippen LogP contribution in [-0.2, 0) is 4.74 Å². The topological polar surface area (TPSA) is 74.1 Å². The van der Waals surface area contributed by atoms with Crippen LogP contribution in [0.5, 0.6) is 0 Å². The molecule has 3 aromatic carbocycles. The van der Waals surface area contributed by atoms with E-state index >= 15 is 0 Å². The van der Waals surface area contributed by atoms with Crippen molar-refractivity contribution in [1.82, 2.24) is 15.0 Å². The van der Waals surface area contributed by atoms with Crippen LogP contribution in [0.2, 0.25) is 0 Å².